The normalized spacial score (nSPS) is 18.1. The van der Waals surface area contributed by atoms with E-state index >= 15 is 0 Å². The van der Waals surface area contributed by atoms with Crippen molar-refractivity contribution in [2.24, 2.45) is 0 Å². The number of thiophene rings is 2. The molecule has 1 N–H and O–H groups in total. The first-order valence-corrected chi connectivity index (χ1v) is 10.5. The zero-order chi connectivity index (χ0) is 17.8. The first-order valence-electron chi connectivity index (χ1n) is 8.70. The van der Waals surface area contributed by atoms with Gasteiger partial charge in [-0.15, -0.1) is 22.7 Å². The summed E-state index contributed by atoms with van der Waals surface area (Å²) in [5.74, 6) is 1.27. The maximum atomic E-state index is 12.4. The molecule has 3 aromatic rings. The number of carbonyl (C=O) groups excluding carboxylic acids is 1. The highest BCUT2D eigenvalue weighted by Crippen LogP contribution is 2.31. The predicted octanol–water partition coefficient (Wildman–Crippen LogP) is 3.70. The van der Waals surface area contributed by atoms with E-state index in [4.69, 9.17) is 4.52 Å². The minimum Gasteiger partial charge on any atom is -0.350 e. The molecule has 4 rings (SSSR count). The first kappa shape index (κ1) is 17.4. The summed E-state index contributed by atoms with van der Waals surface area (Å²) in [5, 5.41) is 11.1. The molecule has 6 nitrogen and oxygen atoms in total. The van der Waals surface area contributed by atoms with Crippen molar-refractivity contribution in [2.75, 3.05) is 13.1 Å². The first-order chi connectivity index (χ1) is 12.8. The topological polar surface area (TPSA) is 71.3 Å². The van der Waals surface area contributed by atoms with Crippen LogP contribution in [0.15, 0.2) is 39.5 Å². The zero-order valence-corrected chi connectivity index (χ0v) is 15.9. The summed E-state index contributed by atoms with van der Waals surface area (Å²) >= 11 is 3.24. The van der Waals surface area contributed by atoms with Gasteiger partial charge in [-0.3, -0.25) is 9.69 Å². The molecule has 1 atom stereocenters. The summed E-state index contributed by atoms with van der Waals surface area (Å²) < 4.78 is 5.53. The number of carbonyl (C=O) groups is 1. The van der Waals surface area contributed by atoms with Crippen LogP contribution in [0.3, 0.4) is 0 Å². The highest BCUT2D eigenvalue weighted by Gasteiger charge is 2.30. The Hall–Kier alpha value is -2.03. The van der Waals surface area contributed by atoms with Gasteiger partial charge in [0.2, 0.25) is 17.6 Å². The number of piperidine rings is 1. The zero-order valence-electron chi connectivity index (χ0n) is 14.3. The quantitative estimate of drug-likeness (QED) is 0.697. The SMILES string of the molecule is O=C(CN1CCCCC1c1nc(-c2cccs2)no1)NCc1cccs1. The maximum Gasteiger partial charge on any atom is 0.244 e. The largest absolute Gasteiger partial charge is 0.350 e. The van der Waals surface area contributed by atoms with Crippen LogP contribution in [-0.4, -0.2) is 34.0 Å². The van der Waals surface area contributed by atoms with Crippen LogP contribution in [0.1, 0.15) is 36.1 Å². The third-order valence-corrected chi connectivity index (χ3v) is 6.21. The van der Waals surface area contributed by atoms with Crippen LogP contribution in [0.2, 0.25) is 0 Å². The number of aromatic nitrogens is 2. The van der Waals surface area contributed by atoms with Crippen LogP contribution in [0, 0.1) is 0 Å². The Kier molecular flexibility index (Phi) is 5.42. The van der Waals surface area contributed by atoms with Crippen molar-refractivity contribution >= 4 is 28.6 Å². The molecule has 1 fully saturated rings. The standard InChI is InChI=1S/C18H20N4O2S2/c23-16(19-11-13-5-3-9-25-13)12-22-8-2-1-6-14(22)18-20-17(21-24-18)15-7-4-10-26-15/h3-5,7,9-10,14H,1-2,6,8,11-12H2,(H,19,23). The maximum absolute atomic E-state index is 12.4. The highest BCUT2D eigenvalue weighted by molar-refractivity contribution is 7.13. The van der Waals surface area contributed by atoms with E-state index in [1.165, 1.54) is 0 Å². The molecule has 0 radical (unpaired) electrons. The average molecular weight is 389 g/mol. The van der Waals surface area contributed by atoms with E-state index in [0.29, 0.717) is 24.8 Å². The van der Waals surface area contributed by atoms with Gasteiger partial charge in [-0.1, -0.05) is 23.7 Å². The van der Waals surface area contributed by atoms with E-state index in [9.17, 15) is 4.79 Å². The Morgan fingerprint density at radius 2 is 2.15 bits per heavy atom. The smallest absolute Gasteiger partial charge is 0.244 e. The van der Waals surface area contributed by atoms with Crippen molar-refractivity contribution in [1.82, 2.24) is 20.4 Å². The molecule has 26 heavy (non-hydrogen) atoms. The lowest BCUT2D eigenvalue weighted by Crippen LogP contribution is -2.41. The molecule has 1 aliphatic heterocycles. The fourth-order valence-electron chi connectivity index (χ4n) is 3.18. The molecule has 1 aliphatic rings. The molecule has 1 unspecified atom stereocenters. The van der Waals surface area contributed by atoms with Crippen LogP contribution in [0.4, 0.5) is 0 Å². The third-order valence-electron chi connectivity index (χ3n) is 4.47. The molecule has 0 spiro atoms. The van der Waals surface area contributed by atoms with E-state index in [2.05, 4.69) is 20.4 Å². The number of hydrogen-bond donors (Lipinski definition) is 1. The van der Waals surface area contributed by atoms with Gasteiger partial charge in [0.15, 0.2) is 0 Å². The summed E-state index contributed by atoms with van der Waals surface area (Å²) in [6.45, 7) is 1.80. The lowest BCUT2D eigenvalue weighted by Gasteiger charge is -2.32. The molecule has 0 bridgehead atoms. The number of nitrogens with zero attached hydrogens (tertiary/aromatic N) is 3. The molecule has 1 saturated heterocycles. The highest BCUT2D eigenvalue weighted by atomic mass is 32.1. The van der Waals surface area contributed by atoms with Gasteiger partial charge in [-0.05, 0) is 42.3 Å². The molecule has 136 valence electrons. The average Bonchev–Trinajstić information content (AvgIpc) is 3.42. The van der Waals surface area contributed by atoms with Crippen molar-refractivity contribution in [2.45, 2.75) is 31.8 Å². The van der Waals surface area contributed by atoms with Gasteiger partial charge in [0.1, 0.15) is 0 Å². The molecule has 0 aromatic carbocycles. The molecule has 4 heterocycles. The summed E-state index contributed by atoms with van der Waals surface area (Å²) in [5.41, 5.74) is 0. The van der Waals surface area contributed by atoms with Crippen molar-refractivity contribution < 1.29 is 9.32 Å². The lowest BCUT2D eigenvalue weighted by molar-refractivity contribution is -0.123. The van der Waals surface area contributed by atoms with Crippen LogP contribution in [0.25, 0.3) is 10.7 Å². The van der Waals surface area contributed by atoms with E-state index in [-0.39, 0.29) is 11.9 Å². The number of rotatable bonds is 6. The second-order valence-corrected chi connectivity index (χ2v) is 8.25. The molecular weight excluding hydrogens is 368 g/mol. The van der Waals surface area contributed by atoms with Gasteiger partial charge in [0.25, 0.3) is 0 Å². The monoisotopic (exact) mass is 388 g/mol. The van der Waals surface area contributed by atoms with Crippen LogP contribution in [0.5, 0.6) is 0 Å². The van der Waals surface area contributed by atoms with E-state index in [0.717, 1.165) is 35.6 Å². The summed E-state index contributed by atoms with van der Waals surface area (Å²) in [6.07, 6.45) is 3.12. The minimum absolute atomic E-state index is 0.0115. The number of nitrogens with one attached hydrogen (secondary N) is 1. The summed E-state index contributed by atoms with van der Waals surface area (Å²) in [7, 11) is 0. The van der Waals surface area contributed by atoms with Gasteiger partial charge >= 0.3 is 0 Å². The predicted molar refractivity (Wildman–Crippen MR) is 102 cm³/mol. The number of likely N-dealkylation sites (tertiary alicyclic amines) is 1. The van der Waals surface area contributed by atoms with Crippen LogP contribution < -0.4 is 5.32 Å². The van der Waals surface area contributed by atoms with Gasteiger partial charge in [-0.25, -0.2) is 0 Å². The molecular formula is C18H20N4O2S2. The van der Waals surface area contributed by atoms with Gasteiger partial charge in [0.05, 0.1) is 24.0 Å². The van der Waals surface area contributed by atoms with Crippen LogP contribution >= 0.6 is 22.7 Å². The number of hydrogen-bond acceptors (Lipinski definition) is 7. The van der Waals surface area contributed by atoms with Gasteiger partial charge < -0.3 is 9.84 Å². The van der Waals surface area contributed by atoms with E-state index < -0.39 is 0 Å². The number of amides is 1. The summed E-state index contributed by atoms with van der Waals surface area (Å²) in [6, 6.07) is 7.99. The molecule has 0 saturated carbocycles. The fraction of sp³-hybridized carbons (Fsp3) is 0.389. The molecule has 8 heteroatoms. The second kappa shape index (κ2) is 8.11. The second-order valence-electron chi connectivity index (χ2n) is 6.27. The molecule has 1 amide bonds. The molecule has 3 aromatic heterocycles. The Bertz CT molecular complexity index is 829. The summed E-state index contributed by atoms with van der Waals surface area (Å²) in [4.78, 5) is 21.3. The van der Waals surface area contributed by atoms with E-state index in [1.54, 1.807) is 22.7 Å². The Balaban J connectivity index is 1.40. The van der Waals surface area contributed by atoms with Gasteiger partial charge in [0, 0.05) is 4.88 Å². The van der Waals surface area contributed by atoms with Crippen molar-refractivity contribution in [1.29, 1.82) is 0 Å². The Morgan fingerprint density at radius 3 is 2.96 bits per heavy atom. The van der Waals surface area contributed by atoms with Crippen LogP contribution in [-0.2, 0) is 11.3 Å². The Labute approximate surface area is 159 Å². The van der Waals surface area contributed by atoms with Gasteiger partial charge in [-0.2, -0.15) is 4.98 Å². The molecule has 0 aliphatic carbocycles. The van der Waals surface area contributed by atoms with Crippen molar-refractivity contribution in [3.8, 4) is 10.7 Å². The Morgan fingerprint density at radius 1 is 1.27 bits per heavy atom. The van der Waals surface area contributed by atoms with Crippen molar-refractivity contribution in [3.63, 3.8) is 0 Å². The van der Waals surface area contributed by atoms with Crippen molar-refractivity contribution in [3.05, 3.63) is 45.8 Å². The third kappa shape index (κ3) is 4.03. The minimum atomic E-state index is 0.0115. The fourth-order valence-corrected chi connectivity index (χ4v) is 4.47. The van der Waals surface area contributed by atoms with E-state index in [1.807, 2.05) is 35.0 Å². The lowest BCUT2D eigenvalue weighted by atomic mass is 10.0.